The number of rotatable bonds is 3. The lowest BCUT2D eigenvalue weighted by atomic mass is 9.91. The van der Waals surface area contributed by atoms with Crippen LogP contribution in [0.4, 0.5) is 17.3 Å². The molecule has 3 saturated heterocycles. The van der Waals surface area contributed by atoms with E-state index in [1.165, 1.54) is 6.42 Å². The molecule has 3 fully saturated rings. The number of piperazine rings is 1. The third-order valence-electron chi connectivity index (χ3n) is 4.01. The molecule has 3 aliphatic heterocycles. The van der Waals surface area contributed by atoms with Crippen molar-refractivity contribution in [2.45, 2.75) is 18.5 Å². The fourth-order valence-corrected chi connectivity index (χ4v) is 3.07. The molecule has 2 atom stereocenters. The van der Waals surface area contributed by atoms with Crippen LogP contribution >= 0.6 is 11.6 Å². The van der Waals surface area contributed by atoms with E-state index < -0.39 is 0 Å². The van der Waals surface area contributed by atoms with Gasteiger partial charge in [-0.05, 0) is 42.8 Å². The first kappa shape index (κ1) is 12.9. The van der Waals surface area contributed by atoms with E-state index in [9.17, 15) is 0 Å². The highest BCUT2D eigenvalue weighted by atomic mass is 35.5. The van der Waals surface area contributed by atoms with Gasteiger partial charge in [-0.1, -0.05) is 11.6 Å². The van der Waals surface area contributed by atoms with Crippen molar-refractivity contribution in [1.82, 2.24) is 15.5 Å². The molecule has 0 amide bonds. The Labute approximate surface area is 128 Å². The van der Waals surface area contributed by atoms with Gasteiger partial charge >= 0.3 is 0 Å². The second-order valence-electron chi connectivity index (χ2n) is 5.61. The van der Waals surface area contributed by atoms with Crippen LogP contribution in [-0.4, -0.2) is 35.4 Å². The molecule has 6 heteroatoms. The van der Waals surface area contributed by atoms with Crippen LogP contribution in [0.5, 0.6) is 0 Å². The molecule has 1 aromatic heterocycles. The average molecular weight is 302 g/mol. The first-order valence-corrected chi connectivity index (χ1v) is 7.51. The normalized spacial score (nSPS) is 23.6. The zero-order valence-corrected chi connectivity index (χ0v) is 12.2. The number of fused-ring (bicyclic) bond motifs is 2. The Bertz CT molecular complexity index is 612. The summed E-state index contributed by atoms with van der Waals surface area (Å²) in [7, 11) is 0. The number of hydrogen-bond acceptors (Lipinski definition) is 5. The lowest BCUT2D eigenvalue weighted by Crippen LogP contribution is -2.67. The molecule has 3 aliphatic rings. The van der Waals surface area contributed by atoms with Crippen LogP contribution in [0.15, 0.2) is 36.4 Å². The fourth-order valence-electron chi connectivity index (χ4n) is 2.94. The number of benzene rings is 1. The van der Waals surface area contributed by atoms with Gasteiger partial charge in [-0.2, -0.15) is 0 Å². The van der Waals surface area contributed by atoms with Gasteiger partial charge < -0.3 is 15.5 Å². The number of anilines is 3. The van der Waals surface area contributed by atoms with Gasteiger partial charge in [0.05, 0.1) is 0 Å². The number of piperidine rings is 1. The van der Waals surface area contributed by atoms with Gasteiger partial charge in [0.15, 0.2) is 11.6 Å². The molecule has 0 radical (unpaired) electrons. The van der Waals surface area contributed by atoms with Crippen molar-refractivity contribution >= 4 is 28.9 Å². The Hall–Kier alpha value is -1.85. The average Bonchev–Trinajstić information content (AvgIpc) is 2.50. The minimum Gasteiger partial charge on any atom is -0.352 e. The molecule has 21 heavy (non-hydrogen) atoms. The van der Waals surface area contributed by atoms with E-state index >= 15 is 0 Å². The molecular formula is C15H16ClN5. The third-order valence-corrected chi connectivity index (χ3v) is 4.27. The number of aromatic nitrogens is 2. The highest BCUT2D eigenvalue weighted by Gasteiger charge is 2.36. The largest absolute Gasteiger partial charge is 0.352 e. The summed E-state index contributed by atoms with van der Waals surface area (Å²) in [6.45, 7) is 2.05. The van der Waals surface area contributed by atoms with Crippen LogP contribution in [0.2, 0.25) is 5.02 Å². The van der Waals surface area contributed by atoms with Crippen LogP contribution in [0, 0.1) is 0 Å². The number of nitrogens with zero attached hydrogens (tertiary/aromatic N) is 3. The van der Waals surface area contributed by atoms with Gasteiger partial charge in [0.1, 0.15) is 0 Å². The predicted molar refractivity (Wildman–Crippen MR) is 84.3 cm³/mol. The number of nitrogens with one attached hydrogen (secondary N) is 2. The first-order valence-electron chi connectivity index (χ1n) is 7.13. The van der Waals surface area contributed by atoms with E-state index in [1.54, 1.807) is 0 Å². The van der Waals surface area contributed by atoms with Crippen molar-refractivity contribution in [2.75, 3.05) is 23.3 Å². The second-order valence-corrected chi connectivity index (χ2v) is 6.05. The summed E-state index contributed by atoms with van der Waals surface area (Å²) in [5.41, 5.74) is 0.949. The van der Waals surface area contributed by atoms with Crippen LogP contribution < -0.4 is 15.5 Å². The van der Waals surface area contributed by atoms with Crippen LogP contribution in [0.25, 0.3) is 0 Å². The van der Waals surface area contributed by atoms with E-state index in [2.05, 4.69) is 25.7 Å². The minimum absolute atomic E-state index is 0.623. The zero-order chi connectivity index (χ0) is 14.2. The van der Waals surface area contributed by atoms with Crippen molar-refractivity contribution in [3.63, 3.8) is 0 Å². The second kappa shape index (κ2) is 5.16. The van der Waals surface area contributed by atoms with E-state index in [4.69, 9.17) is 11.6 Å². The highest BCUT2D eigenvalue weighted by Crippen LogP contribution is 2.25. The Morgan fingerprint density at radius 2 is 1.76 bits per heavy atom. The highest BCUT2D eigenvalue weighted by molar-refractivity contribution is 6.30. The third kappa shape index (κ3) is 2.66. The number of halogens is 1. The molecule has 2 bridgehead atoms. The topological polar surface area (TPSA) is 53.1 Å². The SMILES string of the molecule is Clc1ccc(Nc2ccc(N3CC4CC(C3)N4)nn2)cc1. The lowest BCUT2D eigenvalue weighted by Gasteiger charge is -2.48. The van der Waals surface area contributed by atoms with E-state index in [1.807, 2.05) is 36.4 Å². The standard InChI is InChI=1S/C15H16ClN5/c16-10-1-3-11(4-2-10)18-14-5-6-15(20-19-14)21-8-12-7-13(9-21)17-12/h1-6,12-13,17H,7-9H2,(H,18,19). The van der Waals surface area contributed by atoms with Crippen molar-refractivity contribution in [2.24, 2.45) is 0 Å². The smallest absolute Gasteiger partial charge is 0.153 e. The predicted octanol–water partition coefficient (Wildman–Crippen LogP) is 2.42. The van der Waals surface area contributed by atoms with Crippen LogP contribution in [-0.2, 0) is 0 Å². The quantitative estimate of drug-likeness (QED) is 0.912. The van der Waals surface area contributed by atoms with Crippen molar-refractivity contribution in [3.8, 4) is 0 Å². The summed E-state index contributed by atoms with van der Waals surface area (Å²) in [6.07, 6.45) is 1.29. The van der Waals surface area contributed by atoms with Gasteiger partial charge in [-0.25, -0.2) is 0 Å². The maximum Gasteiger partial charge on any atom is 0.153 e. The van der Waals surface area contributed by atoms with Crippen molar-refractivity contribution < 1.29 is 0 Å². The first-order chi connectivity index (χ1) is 10.3. The monoisotopic (exact) mass is 301 g/mol. The minimum atomic E-state index is 0.623. The Kier molecular flexibility index (Phi) is 3.16. The molecular weight excluding hydrogens is 286 g/mol. The molecule has 108 valence electrons. The zero-order valence-electron chi connectivity index (χ0n) is 11.5. The Morgan fingerprint density at radius 3 is 2.38 bits per heavy atom. The van der Waals surface area contributed by atoms with Crippen molar-refractivity contribution in [3.05, 3.63) is 41.4 Å². The molecule has 2 N–H and O–H groups in total. The maximum absolute atomic E-state index is 5.87. The van der Waals surface area contributed by atoms with E-state index in [-0.39, 0.29) is 0 Å². The molecule has 2 unspecified atom stereocenters. The Balaban J connectivity index is 1.44. The van der Waals surface area contributed by atoms with Gasteiger partial charge in [0.2, 0.25) is 0 Å². The molecule has 5 rings (SSSR count). The summed E-state index contributed by atoms with van der Waals surface area (Å²) < 4.78 is 0. The van der Waals surface area contributed by atoms with Gasteiger partial charge in [0.25, 0.3) is 0 Å². The summed E-state index contributed by atoms with van der Waals surface area (Å²) in [5, 5.41) is 16.0. The number of hydrogen-bond donors (Lipinski definition) is 2. The van der Waals surface area contributed by atoms with E-state index in [0.717, 1.165) is 35.4 Å². The molecule has 0 spiro atoms. The van der Waals surface area contributed by atoms with Crippen LogP contribution in [0.1, 0.15) is 6.42 Å². The van der Waals surface area contributed by atoms with Gasteiger partial charge in [-0.3, -0.25) is 0 Å². The molecule has 5 nitrogen and oxygen atoms in total. The summed E-state index contributed by atoms with van der Waals surface area (Å²) in [6, 6.07) is 12.8. The summed E-state index contributed by atoms with van der Waals surface area (Å²) in [5.74, 6) is 1.69. The summed E-state index contributed by atoms with van der Waals surface area (Å²) >= 11 is 5.87. The van der Waals surface area contributed by atoms with E-state index in [0.29, 0.717) is 12.1 Å². The van der Waals surface area contributed by atoms with Gasteiger partial charge in [0, 0.05) is 35.9 Å². The molecule has 4 heterocycles. The Morgan fingerprint density at radius 1 is 1.05 bits per heavy atom. The van der Waals surface area contributed by atoms with Crippen LogP contribution in [0.3, 0.4) is 0 Å². The molecule has 1 aromatic carbocycles. The fraction of sp³-hybridized carbons (Fsp3) is 0.333. The molecule has 0 saturated carbocycles. The van der Waals surface area contributed by atoms with Gasteiger partial charge in [-0.15, -0.1) is 10.2 Å². The molecule has 0 aliphatic carbocycles. The maximum atomic E-state index is 5.87. The molecule has 2 aromatic rings. The lowest BCUT2D eigenvalue weighted by molar-refractivity contribution is 0.225. The summed E-state index contributed by atoms with van der Waals surface area (Å²) in [4.78, 5) is 2.30. The van der Waals surface area contributed by atoms with Crippen molar-refractivity contribution in [1.29, 1.82) is 0 Å².